The molecule has 0 aliphatic carbocycles. The number of hydrogen-bond acceptors (Lipinski definition) is 2. The Balaban J connectivity index is 2.50. The first-order chi connectivity index (χ1) is 6.25. The Bertz CT molecular complexity index is 326. The molecule has 3 N–H and O–H groups in total. The number of H-pyrrole nitrogens is 2. The fraction of sp³-hybridized carbons (Fsp3) is 0.500. The lowest BCUT2D eigenvalue weighted by atomic mass is 10.3. The molecule has 0 fully saturated rings. The first-order valence-electron chi connectivity index (χ1n) is 4.30. The van der Waals surface area contributed by atoms with E-state index in [-0.39, 0.29) is 17.0 Å². The van der Waals surface area contributed by atoms with Gasteiger partial charge in [0.2, 0.25) is 0 Å². The summed E-state index contributed by atoms with van der Waals surface area (Å²) < 4.78 is 0. The van der Waals surface area contributed by atoms with Crippen molar-refractivity contribution in [3.05, 3.63) is 22.1 Å². The van der Waals surface area contributed by atoms with Crippen LogP contribution in [0.5, 0.6) is 0 Å². The molecule has 1 aromatic heterocycles. The van der Waals surface area contributed by atoms with E-state index >= 15 is 0 Å². The van der Waals surface area contributed by atoms with Crippen LogP contribution in [0.1, 0.15) is 30.1 Å². The van der Waals surface area contributed by atoms with Crippen molar-refractivity contribution in [1.29, 1.82) is 0 Å². The van der Waals surface area contributed by atoms with Gasteiger partial charge in [-0.05, 0) is 6.42 Å². The third-order valence-electron chi connectivity index (χ3n) is 1.71. The second-order valence-electron chi connectivity index (χ2n) is 2.77. The molecule has 0 aliphatic rings. The molecule has 13 heavy (non-hydrogen) atoms. The predicted molar refractivity (Wildman–Crippen MR) is 48.7 cm³/mol. The summed E-state index contributed by atoms with van der Waals surface area (Å²) in [6.45, 7) is 2.65. The highest BCUT2D eigenvalue weighted by Crippen LogP contribution is 1.88. The largest absolute Gasteiger partial charge is 0.352 e. The highest BCUT2D eigenvalue weighted by atomic mass is 16.2. The van der Waals surface area contributed by atoms with E-state index in [4.69, 9.17) is 0 Å². The van der Waals surface area contributed by atoms with Crippen LogP contribution in [0.25, 0.3) is 0 Å². The predicted octanol–water partition coefficient (Wildman–Crippen LogP) is 0.233. The van der Waals surface area contributed by atoms with Crippen molar-refractivity contribution in [2.75, 3.05) is 6.54 Å². The Morgan fingerprint density at radius 3 is 2.92 bits per heavy atom. The van der Waals surface area contributed by atoms with E-state index < -0.39 is 0 Å². The van der Waals surface area contributed by atoms with Crippen LogP contribution in [0.3, 0.4) is 0 Å². The maximum atomic E-state index is 11.3. The summed E-state index contributed by atoms with van der Waals surface area (Å²) in [7, 11) is 0. The van der Waals surface area contributed by atoms with E-state index in [1.807, 2.05) is 6.92 Å². The van der Waals surface area contributed by atoms with Crippen LogP contribution < -0.4 is 10.9 Å². The summed E-state index contributed by atoms with van der Waals surface area (Å²) in [5, 5.41) is 7.42. The zero-order chi connectivity index (χ0) is 9.68. The maximum absolute atomic E-state index is 11.3. The van der Waals surface area contributed by atoms with E-state index in [0.717, 1.165) is 12.8 Å². The Labute approximate surface area is 75.5 Å². The second kappa shape index (κ2) is 4.49. The number of nitrogens with one attached hydrogen (secondary N) is 3. The molecule has 1 amide bonds. The third-order valence-corrected chi connectivity index (χ3v) is 1.71. The van der Waals surface area contributed by atoms with Crippen molar-refractivity contribution in [1.82, 2.24) is 15.5 Å². The number of aromatic nitrogens is 2. The Morgan fingerprint density at radius 2 is 2.38 bits per heavy atom. The zero-order valence-corrected chi connectivity index (χ0v) is 7.52. The highest BCUT2D eigenvalue weighted by Gasteiger charge is 2.09. The van der Waals surface area contributed by atoms with Crippen molar-refractivity contribution in [2.45, 2.75) is 19.8 Å². The lowest BCUT2D eigenvalue weighted by molar-refractivity contribution is 0.0952. The zero-order valence-electron chi connectivity index (χ0n) is 7.52. The molecule has 1 heterocycles. The number of carbonyl (C=O) groups is 1. The topological polar surface area (TPSA) is 77.8 Å². The first-order valence-corrected chi connectivity index (χ1v) is 4.30. The van der Waals surface area contributed by atoms with Crippen LogP contribution in [-0.4, -0.2) is 22.6 Å². The quantitative estimate of drug-likeness (QED) is 0.584. The van der Waals surface area contributed by atoms with E-state index in [9.17, 15) is 9.59 Å². The SMILES string of the molecule is CCCCNC(=O)c1c[nH][nH]c1=O. The van der Waals surface area contributed by atoms with Crippen molar-refractivity contribution in [3.63, 3.8) is 0 Å². The molecule has 0 saturated heterocycles. The van der Waals surface area contributed by atoms with Crippen molar-refractivity contribution in [2.24, 2.45) is 0 Å². The van der Waals surface area contributed by atoms with E-state index in [2.05, 4.69) is 15.5 Å². The summed E-state index contributed by atoms with van der Waals surface area (Å²) >= 11 is 0. The third kappa shape index (κ3) is 2.47. The van der Waals surface area contributed by atoms with Crippen molar-refractivity contribution >= 4 is 5.91 Å². The number of aromatic amines is 2. The number of carbonyl (C=O) groups excluding carboxylic acids is 1. The minimum atomic E-state index is -0.381. The molecule has 5 nitrogen and oxygen atoms in total. The van der Waals surface area contributed by atoms with Gasteiger partial charge in [0.15, 0.2) is 0 Å². The summed E-state index contributed by atoms with van der Waals surface area (Å²) in [5.74, 6) is -0.323. The molecule has 0 atom stereocenters. The van der Waals surface area contributed by atoms with Gasteiger partial charge in [0, 0.05) is 12.7 Å². The average molecular weight is 183 g/mol. The number of amides is 1. The van der Waals surface area contributed by atoms with Gasteiger partial charge in [-0.25, -0.2) is 0 Å². The molecule has 5 heteroatoms. The minimum absolute atomic E-state index is 0.135. The molecule has 0 aromatic carbocycles. The van der Waals surface area contributed by atoms with Gasteiger partial charge in [-0.2, -0.15) is 0 Å². The monoisotopic (exact) mass is 183 g/mol. The van der Waals surface area contributed by atoms with Crippen molar-refractivity contribution < 1.29 is 4.79 Å². The van der Waals surface area contributed by atoms with Gasteiger partial charge in [-0.1, -0.05) is 13.3 Å². The van der Waals surface area contributed by atoms with Gasteiger partial charge in [0.05, 0.1) is 0 Å². The Morgan fingerprint density at radius 1 is 1.62 bits per heavy atom. The highest BCUT2D eigenvalue weighted by molar-refractivity contribution is 5.93. The number of hydrogen-bond donors (Lipinski definition) is 3. The van der Waals surface area contributed by atoms with Gasteiger partial charge >= 0.3 is 0 Å². The molecular weight excluding hydrogens is 170 g/mol. The molecule has 0 bridgehead atoms. The molecule has 1 aromatic rings. The van der Waals surface area contributed by atoms with Crippen LogP contribution in [-0.2, 0) is 0 Å². The first kappa shape index (κ1) is 9.57. The normalized spacial score (nSPS) is 9.92. The van der Waals surface area contributed by atoms with Gasteiger partial charge in [-0.15, -0.1) is 0 Å². The van der Waals surface area contributed by atoms with Crippen LogP contribution in [0.15, 0.2) is 11.0 Å². The standard InChI is InChI=1S/C8H13N3O2/c1-2-3-4-9-7(12)6-5-10-11-8(6)13/h5H,2-4H2,1H3,(H,9,12)(H2,10,11,13). The van der Waals surface area contributed by atoms with Crippen LogP contribution in [0.4, 0.5) is 0 Å². The van der Waals surface area contributed by atoms with E-state index in [1.54, 1.807) is 0 Å². The molecule has 0 spiro atoms. The molecule has 0 aliphatic heterocycles. The van der Waals surface area contributed by atoms with Gasteiger partial charge in [-0.3, -0.25) is 14.7 Å². The van der Waals surface area contributed by atoms with Crippen LogP contribution >= 0.6 is 0 Å². The summed E-state index contributed by atoms with van der Waals surface area (Å²) in [6, 6.07) is 0. The number of rotatable bonds is 4. The fourth-order valence-electron chi connectivity index (χ4n) is 0.949. The van der Waals surface area contributed by atoms with Gasteiger partial charge < -0.3 is 10.4 Å². The van der Waals surface area contributed by atoms with E-state index in [1.165, 1.54) is 6.20 Å². The molecule has 1 rings (SSSR count). The summed E-state index contributed by atoms with van der Waals surface area (Å²) in [5.41, 5.74) is -0.245. The second-order valence-corrected chi connectivity index (χ2v) is 2.77. The molecular formula is C8H13N3O2. The Kier molecular flexibility index (Phi) is 3.31. The van der Waals surface area contributed by atoms with E-state index in [0.29, 0.717) is 6.54 Å². The Hall–Kier alpha value is -1.52. The van der Waals surface area contributed by atoms with Gasteiger partial charge in [0.25, 0.3) is 11.5 Å². The lowest BCUT2D eigenvalue weighted by Gasteiger charge is -1.99. The lowest BCUT2D eigenvalue weighted by Crippen LogP contribution is -2.28. The van der Waals surface area contributed by atoms with Crippen LogP contribution in [0.2, 0.25) is 0 Å². The smallest absolute Gasteiger partial charge is 0.276 e. The molecule has 0 saturated carbocycles. The average Bonchev–Trinajstić information content (AvgIpc) is 2.52. The molecule has 0 unspecified atom stereocenters. The maximum Gasteiger partial charge on any atom is 0.276 e. The summed E-state index contributed by atoms with van der Waals surface area (Å²) in [6.07, 6.45) is 3.31. The minimum Gasteiger partial charge on any atom is -0.352 e. The fourth-order valence-corrected chi connectivity index (χ4v) is 0.949. The van der Waals surface area contributed by atoms with Crippen molar-refractivity contribution in [3.8, 4) is 0 Å². The molecule has 72 valence electrons. The van der Waals surface area contributed by atoms with Gasteiger partial charge in [0.1, 0.15) is 5.56 Å². The number of unbranched alkanes of at least 4 members (excludes halogenated alkanes) is 1. The molecule has 0 radical (unpaired) electrons. The van der Waals surface area contributed by atoms with Crippen LogP contribution in [0, 0.1) is 0 Å². The summed E-state index contributed by atoms with van der Waals surface area (Å²) in [4.78, 5) is 22.2.